The van der Waals surface area contributed by atoms with Gasteiger partial charge in [-0.2, -0.15) is 0 Å². The minimum absolute atomic E-state index is 0.163. The second-order valence-electron chi connectivity index (χ2n) is 3.73. The zero-order chi connectivity index (χ0) is 13.0. The van der Waals surface area contributed by atoms with Crippen molar-refractivity contribution in [3.63, 3.8) is 0 Å². The summed E-state index contributed by atoms with van der Waals surface area (Å²) in [4.78, 5) is 1.72. The fourth-order valence-electron chi connectivity index (χ4n) is 1.57. The molecule has 0 saturated heterocycles. The monoisotopic (exact) mass is 264 g/mol. The summed E-state index contributed by atoms with van der Waals surface area (Å²) >= 11 is 1.43. The molecule has 0 aliphatic rings. The molecule has 1 N–H and O–H groups in total. The van der Waals surface area contributed by atoms with Gasteiger partial charge in [-0.15, -0.1) is 0 Å². The second-order valence-corrected chi connectivity index (χ2v) is 4.88. The fraction of sp³-hybridized carbons (Fsp3) is 0.143. The Morgan fingerprint density at radius 3 is 2.72 bits per heavy atom. The molecule has 0 unspecified atom stereocenters. The fourth-order valence-corrected chi connectivity index (χ4v) is 2.55. The van der Waals surface area contributed by atoms with Gasteiger partial charge in [0.05, 0.1) is 13.7 Å². The van der Waals surface area contributed by atoms with Crippen LogP contribution in [0.1, 0.15) is 5.56 Å². The number of aliphatic hydroxyl groups excluding tert-OH is 1. The Labute approximate surface area is 109 Å². The lowest BCUT2D eigenvalue weighted by Gasteiger charge is -2.06. The van der Waals surface area contributed by atoms with E-state index in [0.717, 1.165) is 15.5 Å². The van der Waals surface area contributed by atoms with Crippen molar-refractivity contribution in [2.24, 2.45) is 0 Å². The number of rotatable bonds is 4. The van der Waals surface area contributed by atoms with Crippen molar-refractivity contribution in [1.29, 1.82) is 0 Å². The SMILES string of the molecule is COc1cccc(Sc2cc(F)cc(CO)c2)c1. The molecule has 94 valence electrons. The van der Waals surface area contributed by atoms with Gasteiger partial charge in [-0.25, -0.2) is 4.39 Å². The number of hydrogen-bond acceptors (Lipinski definition) is 3. The van der Waals surface area contributed by atoms with Crippen LogP contribution in [0.4, 0.5) is 4.39 Å². The molecule has 4 heteroatoms. The zero-order valence-corrected chi connectivity index (χ0v) is 10.7. The van der Waals surface area contributed by atoms with Crippen LogP contribution < -0.4 is 4.74 Å². The highest BCUT2D eigenvalue weighted by atomic mass is 32.2. The van der Waals surface area contributed by atoms with Crippen molar-refractivity contribution < 1.29 is 14.2 Å². The molecule has 0 bridgehead atoms. The van der Waals surface area contributed by atoms with Gasteiger partial charge in [-0.05, 0) is 42.0 Å². The van der Waals surface area contributed by atoms with Gasteiger partial charge in [-0.3, -0.25) is 0 Å². The predicted octanol–water partition coefficient (Wildman–Crippen LogP) is 3.48. The third-order valence-electron chi connectivity index (χ3n) is 2.39. The molecule has 2 nitrogen and oxygen atoms in total. The average Bonchev–Trinajstić information content (AvgIpc) is 2.38. The van der Waals surface area contributed by atoms with Crippen molar-refractivity contribution in [1.82, 2.24) is 0 Å². The quantitative estimate of drug-likeness (QED) is 0.916. The molecule has 0 aliphatic heterocycles. The molecule has 0 aromatic heterocycles. The lowest BCUT2D eigenvalue weighted by atomic mass is 10.2. The Kier molecular flexibility index (Phi) is 4.23. The first-order valence-corrected chi connectivity index (χ1v) is 6.25. The van der Waals surface area contributed by atoms with Crippen LogP contribution in [0.25, 0.3) is 0 Å². The van der Waals surface area contributed by atoms with E-state index in [0.29, 0.717) is 5.56 Å². The summed E-state index contributed by atoms with van der Waals surface area (Å²) in [6, 6.07) is 12.1. The molecule has 0 amide bonds. The second kappa shape index (κ2) is 5.89. The Bertz CT molecular complexity index is 543. The lowest BCUT2D eigenvalue weighted by molar-refractivity contribution is 0.281. The summed E-state index contributed by atoms with van der Waals surface area (Å²) in [6.45, 7) is -0.163. The normalized spacial score (nSPS) is 10.4. The molecule has 0 radical (unpaired) electrons. The summed E-state index contributed by atoms with van der Waals surface area (Å²) in [5.74, 6) is 0.422. The van der Waals surface area contributed by atoms with Gasteiger partial charge in [0.15, 0.2) is 0 Å². The third-order valence-corrected chi connectivity index (χ3v) is 3.35. The minimum Gasteiger partial charge on any atom is -0.497 e. The summed E-state index contributed by atoms with van der Waals surface area (Å²) in [5, 5.41) is 9.04. The van der Waals surface area contributed by atoms with E-state index in [-0.39, 0.29) is 12.4 Å². The summed E-state index contributed by atoms with van der Waals surface area (Å²) in [5.41, 5.74) is 0.570. The van der Waals surface area contributed by atoms with Crippen LogP contribution in [-0.4, -0.2) is 12.2 Å². The molecular formula is C14H13FO2S. The molecule has 2 aromatic rings. The van der Waals surface area contributed by atoms with Crippen molar-refractivity contribution in [2.75, 3.05) is 7.11 Å². The molecule has 2 aromatic carbocycles. The average molecular weight is 264 g/mol. The van der Waals surface area contributed by atoms with E-state index >= 15 is 0 Å². The first kappa shape index (κ1) is 12.9. The summed E-state index contributed by atoms with van der Waals surface area (Å²) in [7, 11) is 1.61. The minimum atomic E-state index is -0.341. The molecule has 0 aliphatic carbocycles. The maximum Gasteiger partial charge on any atom is 0.124 e. The summed E-state index contributed by atoms with van der Waals surface area (Å²) < 4.78 is 18.4. The first-order chi connectivity index (χ1) is 8.71. The topological polar surface area (TPSA) is 29.5 Å². The first-order valence-electron chi connectivity index (χ1n) is 5.43. The number of benzene rings is 2. The molecule has 0 atom stereocenters. The molecule has 0 spiro atoms. The van der Waals surface area contributed by atoms with E-state index < -0.39 is 0 Å². The number of methoxy groups -OCH3 is 1. The number of ether oxygens (including phenoxy) is 1. The van der Waals surface area contributed by atoms with E-state index in [1.165, 1.54) is 23.9 Å². The highest BCUT2D eigenvalue weighted by molar-refractivity contribution is 7.99. The third kappa shape index (κ3) is 3.24. The predicted molar refractivity (Wildman–Crippen MR) is 69.4 cm³/mol. The van der Waals surface area contributed by atoms with Gasteiger partial charge >= 0.3 is 0 Å². The largest absolute Gasteiger partial charge is 0.497 e. The maximum absolute atomic E-state index is 13.3. The maximum atomic E-state index is 13.3. The van der Waals surface area contributed by atoms with Crippen molar-refractivity contribution in [3.8, 4) is 5.75 Å². The van der Waals surface area contributed by atoms with Crippen molar-refractivity contribution in [2.45, 2.75) is 16.4 Å². The van der Waals surface area contributed by atoms with Crippen molar-refractivity contribution in [3.05, 3.63) is 53.8 Å². The van der Waals surface area contributed by atoms with Crippen LogP contribution in [-0.2, 0) is 6.61 Å². The molecule has 0 heterocycles. The standard InChI is InChI=1S/C14H13FO2S/c1-17-12-3-2-4-13(8-12)18-14-6-10(9-16)5-11(15)7-14/h2-8,16H,9H2,1H3. The van der Waals surface area contributed by atoms with Crippen LogP contribution in [0.15, 0.2) is 52.3 Å². The number of aliphatic hydroxyl groups is 1. The van der Waals surface area contributed by atoms with E-state index in [1.54, 1.807) is 13.2 Å². The van der Waals surface area contributed by atoms with Crippen molar-refractivity contribution >= 4 is 11.8 Å². The highest BCUT2D eigenvalue weighted by Crippen LogP contribution is 2.31. The van der Waals surface area contributed by atoms with Gasteiger partial charge in [-0.1, -0.05) is 17.8 Å². The highest BCUT2D eigenvalue weighted by Gasteiger charge is 2.03. The van der Waals surface area contributed by atoms with Crippen LogP contribution in [0.5, 0.6) is 5.75 Å². The van der Waals surface area contributed by atoms with E-state index in [9.17, 15) is 4.39 Å². The lowest BCUT2D eigenvalue weighted by Crippen LogP contribution is -1.87. The van der Waals surface area contributed by atoms with Gasteiger partial charge < -0.3 is 9.84 Å². The Morgan fingerprint density at radius 2 is 2.00 bits per heavy atom. The van der Waals surface area contributed by atoms with Crippen LogP contribution in [0.3, 0.4) is 0 Å². The van der Waals surface area contributed by atoms with Gasteiger partial charge in [0.25, 0.3) is 0 Å². The van der Waals surface area contributed by atoms with Crippen LogP contribution in [0.2, 0.25) is 0 Å². The smallest absolute Gasteiger partial charge is 0.124 e. The summed E-state index contributed by atoms with van der Waals surface area (Å²) in [6.07, 6.45) is 0. The van der Waals surface area contributed by atoms with Crippen LogP contribution in [0, 0.1) is 5.82 Å². The van der Waals surface area contributed by atoms with Gasteiger partial charge in [0.2, 0.25) is 0 Å². The molecule has 18 heavy (non-hydrogen) atoms. The Balaban J connectivity index is 2.24. The molecule has 0 fully saturated rings. The Morgan fingerprint density at radius 1 is 1.17 bits per heavy atom. The van der Waals surface area contributed by atoms with Crippen LogP contribution >= 0.6 is 11.8 Å². The zero-order valence-electron chi connectivity index (χ0n) is 9.89. The van der Waals surface area contributed by atoms with E-state index in [2.05, 4.69) is 0 Å². The van der Waals surface area contributed by atoms with Gasteiger partial charge in [0, 0.05) is 9.79 Å². The Hall–Kier alpha value is -1.52. The molecule has 0 saturated carbocycles. The molecule has 2 rings (SSSR count). The van der Waals surface area contributed by atoms with Gasteiger partial charge in [0.1, 0.15) is 11.6 Å². The van der Waals surface area contributed by atoms with E-state index in [4.69, 9.17) is 9.84 Å². The number of halogens is 1. The number of hydrogen-bond donors (Lipinski definition) is 1. The van der Waals surface area contributed by atoms with E-state index in [1.807, 2.05) is 24.3 Å². The molecular weight excluding hydrogens is 251 g/mol.